The van der Waals surface area contributed by atoms with E-state index in [0.717, 1.165) is 37.5 Å². The topological polar surface area (TPSA) is 99.1 Å². The summed E-state index contributed by atoms with van der Waals surface area (Å²) < 4.78 is 82.6. The van der Waals surface area contributed by atoms with E-state index in [2.05, 4.69) is 10.7 Å². The fourth-order valence-corrected chi connectivity index (χ4v) is 3.15. The van der Waals surface area contributed by atoms with Gasteiger partial charge in [-0.2, -0.15) is 8.42 Å². The number of benzene rings is 1. The molecule has 1 fully saturated rings. The van der Waals surface area contributed by atoms with Gasteiger partial charge in [-0.15, -0.1) is 19.6 Å². The van der Waals surface area contributed by atoms with Crippen molar-refractivity contribution in [2.24, 2.45) is 0 Å². The molecule has 1 aliphatic rings. The summed E-state index contributed by atoms with van der Waals surface area (Å²) in [5.41, 5.74) is -1.33. The van der Waals surface area contributed by atoms with Crippen LogP contribution in [-0.2, 0) is 14.9 Å². The van der Waals surface area contributed by atoms with Gasteiger partial charge in [0.1, 0.15) is 12.4 Å². The molecule has 160 valence electrons. The van der Waals surface area contributed by atoms with Crippen LogP contribution in [0.3, 0.4) is 0 Å². The van der Waals surface area contributed by atoms with E-state index in [0.29, 0.717) is 12.8 Å². The molecule has 11 heteroatoms. The zero-order valence-electron chi connectivity index (χ0n) is 15.2. The molecule has 1 aromatic rings. The van der Waals surface area contributed by atoms with E-state index in [1.54, 1.807) is 0 Å². The number of hydrogen-bond donors (Lipinski definition) is 1. The number of esters is 1. The summed E-state index contributed by atoms with van der Waals surface area (Å²) >= 11 is 0. The second kappa shape index (κ2) is 8.92. The second-order valence-electron chi connectivity index (χ2n) is 6.43. The van der Waals surface area contributed by atoms with Gasteiger partial charge in [-0.1, -0.05) is 12.3 Å². The molecule has 0 aliphatic heterocycles. The van der Waals surface area contributed by atoms with Gasteiger partial charge in [-0.05, 0) is 43.9 Å². The second-order valence-corrected chi connectivity index (χ2v) is 8.00. The van der Waals surface area contributed by atoms with Crippen LogP contribution in [0, 0.1) is 12.3 Å². The van der Waals surface area contributed by atoms with Crippen molar-refractivity contribution >= 4 is 16.1 Å². The van der Waals surface area contributed by atoms with E-state index >= 15 is 0 Å². The Kier molecular flexibility index (Phi) is 7.02. The molecule has 0 saturated heterocycles. The molecule has 0 spiro atoms. The average molecular weight is 436 g/mol. The highest BCUT2D eigenvalue weighted by molar-refractivity contribution is 7.85. The monoisotopic (exact) mass is 436 g/mol. The molecule has 0 atom stereocenters. The molecule has 0 radical (unpaired) electrons. The summed E-state index contributed by atoms with van der Waals surface area (Å²) in [7, 11) is -4.34. The first-order valence-electron chi connectivity index (χ1n) is 8.62. The van der Waals surface area contributed by atoms with Crippen molar-refractivity contribution in [1.29, 1.82) is 0 Å². The first-order valence-corrected chi connectivity index (χ1v) is 10.2. The lowest BCUT2D eigenvalue weighted by molar-refractivity contribution is -0.275. The Labute approximate surface area is 165 Å². The number of hydrogen-bond acceptors (Lipinski definition) is 6. The van der Waals surface area contributed by atoms with Crippen LogP contribution in [0.1, 0.15) is 42.5 Å². The Morgan fingerprint density at radius 1 is 1.21 bits per heavy atom. The molecule has 0 bridgehead atoms. The van der Waals surface area contributed by atoms with Gasteiger partial charge in [0.2, 0.25) is 0 Å². The van der Waals surface area contributed by atoms with Gasteiger partial charge in [0.05, 0.1) is 5.56 Å². The lowest BCUT2D eigenvalue weighted by Crippen LogP contribution is -2.36. The molecule has 1 aliphatic carbocycles. The first kappa shape index (κ1) is 22.8. The number of carbonyl (C=O) groups is 1. The molecule has 0 unspecified atom stereocenters. The van der Waals surface area contributed by atoms with Crippen LogP contribution >= 0.6 is 0 Å². The van der Waals surface area contributed by atoms with Crippen LogP contribution in [0.25, 0.3) is 0 Å². The summed E-state index contributed by atoms with van der Waals surface area (Å²) in [5, 5.41) is 0. The standard InChI is InChI=1S/C18H19F3O7S/c1-2-17(8-4-3-5-9-17)27-15-12-13(6-7-14(15)28-18(19,20)21)16(22)26-10-11-29(23,24)25/h1,6-7,12H,3-5,8-11H2,(H,23,24,25). The molecule has 1 saturated carbocycles. The van der Waals surface area contributed by atoms with Crippen LogP contribution in [0.5, 0.6) is 11.5 Å². The van der Waals surface area contributed by atoms with E-state index in [1.807, 2.05) is 0 Å². The number of terminal acetylenes is 1. The van der Waals surface area contributed by atoms with Crippen LogP contribution in [0.15, 0.2) is 18.2 Å². The predicted molar refractivity (Wildman–Crippen MR) is 95.1 cm³/mol. The fraction of sp³-hybridized carbons (Fsp3) is 0.500. The highest BCUT2D eigenvalue weighted by Crippen LogP contribution is 2.39. The predicted octanol–water partition coefficient (Wildman–Crippen LogP) is 3.34. The zero-order chi connectivity index (χ0) is 21.7. The Morgan fingerprint density at radius 3 is 2.41 bits per heavy atom. The van der Waals surface area contributed by atoms with Gasteiger partial charge in [0, 0.05) is 0 Å². The third kappa shape index (κ3) is 7.14. The van der Waals surface area contributed by atoms with Crippen molar-refractivity contribution in [2.75, 3.05) is 12.4 Å². The van der Waals surface area contributed by atoms with Crippen molar-refractivity contribution in [2.45, 2.75) is 44.1 Å². The molecular formula is C18H19F3O7S. The summed E-state index contributed by atoms with van der Waals surface area (Å²) in [4.78, 5) is 12.1. The highest BCUT2D eigenvalue weighted by atomic mass is 32.2. The normalized spacial score (nSPS) is 16.5. The quantitative estimate of drug-likeness (QED) is 0.398. The van der Waals surface area contributed by atoms with Gasteiger partial charge >= 0.3 is 12.3 Å². The van der Waals surface area contributed by atoms with Crippen molar-refractivity contribution < 1.29 is 45.1 Å². The Balaban J connectivity index is 2.28. The Hall–Kier alpha value is -2.45. The van der Waals surface area contributed by atoms with Crippen LogP contribution < -0.4 is 9.47 Å². The fourth-order valence-electron chi connectivity index (χ4n) is 2.86. The third-order valence-electron chi connectivity index (χ3n) is 4.21. The van der Waals surface area contributed by atoms with Crippen LogP contribution in [0.2, 0.25) is 0 Å². The summed E-state index contributed by atoms with van der Waals surface area (Å²) in [5.74, 6) is -0.411. The minimum atomic E-state index is -4.99. The zero-order valence-corrected chi connectivity index (χ0v) is 16.0. The molecule has 0 amide bonds. The van der Waals surface area contributed by atoms with Crippen LogP contribution in [0.4, 0.5) is 13.2 Å². The summed E-state index contributed by atoms with van der Waals surface area (Å²) in [6.07, 6.45) is 3.80. The smallest absolute Gasteiger partial charge is 0.471 e. The summed E-state index contributed by atoms with van der Waals surface area (Å²) in [6.45, 7) is -0.636. The maximum atomic E-state index is 12.7. The van der Waals surface area contributed by atoms with E-state index in [9.17, 15) is 26.4 Å². The lowest BCUT2D eigenvalue weighted by Gasteiger charge is -2.33. The minimum Gasteiger partial charge on any atom is -0.471 e. The van der Waals surface area contributed by atoms with Crippen molar-refractivity contribution in [3.8, 4) is 23.8 Å². The molecule has 29 heavy (non-hydrogen) atoms. The average Bonchev–Trinajstić information content (AvgIpc) is 2.61. The SMILES string of the molecule is C#CC1(Oc2cc(C(=O)OCCS(=O)(=O)O)ccc2OC(F)(F)F)CCCCC1. The van der Waals surface area contributed by atoms with Crippen LogP contribution in [-0.4, -0.2) is 43.3 Å². The van der Waals surface area contributed by atoms with Gasteiger partial charge in [0.25, 0.3) is 10.1 Å². The molecule has 0 heterocycles. The van der Waals surface area contributed by atoms with Crippen molar-refractivity contribution in [3.05, 3.63) is 23.8 Å². The molecule has 2 rings (SSSR count). The maximum absolute atomic E-state index is 12.7. The number of alkyl halides is 3. The van der Waals surface area contributed by atoms with E-state index in [-0.39, 0.29) is 11.3 Å². The molecular weight excluding hydrogens is 417 g/mol. The summed E-state index contributed by atoms with van der Waals surface area (Å²) in [6, 6.07) is 2.88. The highest BCUT2D eigenvalue weighted by Gasteiger charge is 2.36. The van der Waals surface area contributed by atoms with Gasteiger partial charge in [0.15, 0.2) is 17.1 Å². The van der Waals surface area contributed by atoms with Crippen molar-refractivity contribution in [3.63, 3.8) is 0 Å². The van der Waals surface area contributed by atoms with E-state index in [1.165, 1.54) is 0 Å². The third-order valence-corrected chi connectivity index (χ3v) is 4.89. The Bertz CT molecular complexity index is 882. The van der Waals surface area contributed by atoms with Crippen molar-refractivity contribution in [1.82, 2.24) is 0 Å². The minimum absolute atomic E-state index is 0.201. The van der Waals surface area contributed by atoms with E-state index < -0.39 is 46.2 Å². The number of ether oxygens (including phenoxy) is 3. The molecule has 0 aromatic heterocycles. The molecule has 1 aromatic carbocycles. The largest absolute Gasteiger partial charge is 0.573 e. The molecule has 1 N–H and O–H groups in total. The number of carbonyl (C=O) groups excluding carboxylic acids is 1. The lowest BCUT2D eigenvalue weighted by atomic mass is 9.85. The van der Waals surface area contributed by atoms with Gasteiger partial charge in [-0.3, -0.25) is 4.55 Å². The Morgan fingerprint density at radius 2 is 1.86 bits per heavy atom. The maximum Gasteiger partial charge on any atom is 0.573 e. The molecule has 7 nitrogen and oxygen atoms in total. The number of halogens is 3. The van der Waals surface area contributed by atoms with Gasteiger partial charge < -0.3 is 14.2 Å². The van der Waals surface area contributed by atoms with Gasteiger partial charge in [-0.25, -0.2) is 4.79 Å². The first-order chi connectivity index (χ1) is 13.4. The van der Waals surface area contributed by atoms with E-state index in [4.69, 9.17) is 20.4 Å². The number of rotatable bonds is 7.